The summed E-state index contributed by atoms with van der Waals surface area (Å²) in [7, 11) is 0. The summed E-state index contributed by atoms with van der Waals surface area (Å²) in [5.41, 5.74) is 18.9. The van der Waals surface area contributed by atoms with Crippen LogP contribution in [0.25, 0.3) is 112 Å². The molecule has 9 aromatic carbocycles. The SMILES string of the molecule is CC1(C)c2ccccc2-c2cccc(-c3ccc(-c4ccc5oc6cccc(-c7nc(-c8ccc(-c9ccccc9)cc8)nc(-c8cccc(-c9ccccc9)c8)n7)c6c5c4)cc3)c21. The molecule has 0 saturated carbocycles. The number of fused-ring (bicyclic) bond motifs is 6. The molecule has 0 unspecified atom stereocenters. The van der Waals surface area contributed by atoms with E-state index >= 15 is 0 Å². The third kappa shape index (κ3) is 6.34. The van der Waals surface area contributed by atoms with Gasteiger partial charge in [-0.15, -0.1) is 0 Å². The van der Waals surface area contributed by atoms with Crippen LogP contribution >= 0.6 is 0 Å². The summed E-state index contributed by atoms with van der Waals surface area (Å²) in [5, 5.41) is 1.98. The molecule has 1 aliphatic rings. The summed E-state index contributed by atoms with van der Waals surface area (Å²) in [6, 6.07) is 74.9. The zero-order chi connectivity index (χ0) is 42.8. The van der Waals surface area contributed by atoms with Gasteiger partial charge in [0.1, 0.15) is 11.2 Å². The van der Waals surface area contributed by atoms with Crippen molar-refractivity contribution in [2.45, 2.75) is 19.3 Å². The lowest BCUT2D eigenvalue weighted by atomic mass is 9.79. The summed E-state index contributed by atoms with van der Waals surface area (Å²) in [6.45, 7) is 4.69. The summed E-state index contributed by atoms with van der Waals surface area (Å²) >= 11 is 0. The normalized spacial score (nSPS) is 12.7. The van der Waals surface area contributed by atoms with Crippen molar-refractivity contribution in [3.63, 3.8) is 0 Å². The average molecular weight is 820 g/mol. The standard InChI is InChI=1S/C60H41N3O/c1-60(2)52-24-10-9-20-48(52)49-22-12-21-47(56(49)60)42-30-26-41(27-31-42)45-34-35-53-51(37-45)55-50(23-13-25-54(55)64-53)59-62-57(43-32-28-40(29-33-43)38-14-5-3-6-15-38)61-58(63-59)46-19-11-18-44(36-46)39-16-7-4-8-17-39/h3-37H,1-2H3. The van der Waals surface area contributed by atoms with Crippen LogP contribution in [0.2, 0.25) is 0 Å². The van der Waals surface area contributed by atoms with E-state index in [4.69, 9.17) is 19.4 Å². The van der Waals surface area contributed by atoms with Crippen LogP contribution in [0.15, 0.2) is 217 Å². The Hall–Kier alpha value is -8.21. The van der Waals surface area contributed by atoms with E-state index in [-0.39, 0.29) is 5.41 Å². The van der Waals surface area contributed by atoms with E-state index in [2.05, 4.69) is 202 Å². The average Bonchev–Trinajstić information content (AvgIpc) is 3.86. The van der Waals surface area contributed by atoms with Gasteiger partial charge in [-0.3, -0.25) is 0 Å². The van der Waals surface area contributed by atoms with Crippen LogP contribution in [-0.2, 0) is 5.41 Å². The largest absolute Gasteiger partial charge is 0.456 e. The fourth-order valence-corrected chi connectivity index (χ4v) is 9.79. The molecule has 0 aliphatic heterocycles. The molecule has 302 valence electrons. The highest BCUT2D eigenvalue weighted by molar-refractivity contribution is 6.13. The zero-order valence-corrected chi connectivity index (χ0v) is 35.5. The van der Waals surface area contributed by atoms with Gasteiger partial charge >= 0.3 is 0 Å². The number of nitrogens with zero attached hydrogens (tertiary/aromatic N) is 3. The van der Waals surface area contributed by atoms with Crippen molar-refractivity contribution in [3.05, 3.63) is 223 Å². The Labute approximate surface area is 372 Å². The van der Waals surface area contributed by atoms with Crippen LogP contribution in [0.4, 0.5) is 0 Å². The Bertz CT molecular complexity index is 3550. The van der Waals surface area contributed by atoms with Crippen molar-refractivity contribution in [1.82, 2.24) is 15.0 Å². The van der Waals surface area contributed by atoms with Crippen LogP contribution in [0.1, 0.15) is 25.0 Å². The van der Waals surface area contributed by atoms with Crippen LogP contribution in [0.5, 0.6) is 0 Å². The third-order valence-electron chi connectivity index (χ3n) is 13.0. The number of furan rings is 1. The summed E-state index contributed by atoms with van der Waals surface area (Å²) in [6.07, 6.45) is 0. The zero-order valence-electron chi connectivity index (χ0n) is 35.5. The van der Waals surface area contributed by atoms with E-state index in [1.165, 1.54) is 33.4 Å². The predicted octanol–water partition coefficient (Wildman–Crippen LogP) is 15.7. The molecule has 12 rings (SSSR count). The highest BCUT2D eigenvalue weighted by Crippen LogP contribution is 2.52. The Morgan fingerprint density at radius 1 is 0.328 bits per heavy atom. The fourth-order valence-electron chi connectivity index (χ4n) is 9.79. The molecule has 0 spiro atoms. The van der Waals surface area contributed by atoms with Gasteiger partial charge < -0.3 is 4.42 Å². The molecule has 2 aromatic heterocycles. The lowest BCUT2D eigenvalue weighted by molar-refractivity contribution is 0.662. The number of aromatic nitrogens is 3. The van der Waals surface area contributed by atoms with Crippen LogP contribution in [0, 0.1) is 0 Å². The molecule has 0 saturated heterocycles. The van der Waals surface area contributed by atoms with Gasteiger partial charge in [-0.05, 0) is 91.0 Å². The minimum Gasteiger partial charge on any atom is -0.456 e. The van der Waals surface area contributed by atoms with Crippen LogP contribution < -0.4 is 0 Å². The van der Waals surface area contributed by atoms with Crippen molar-refractivity contribution < 1.29 is 4.42 Å². The Kier molecular flexibility index (Phi) is 8.80. The lowest BCUT2D eigenvalue weighted by Gasteiger charge is -2.24. The first kappa shape index (κ1) is 37.5. The first-order valence-corrected chi connectivity index (χ1v) is 21.8. The molecule has 0 bridgehead atoms. The molecule has 0 N–H and O–H groups in total. The quantitative estimate of drug-likeness (QED) is 0.161. The minimum absolute atomic E-state index is 0.0917. The lowest BCUT2D eigenvalue weighted by Crippen LogP contribution is -2.16. The molecule has 2 heterocycles. The van der Waals surface area contributed by atoms with Gasteiger partial charge in [-0.2, -0.15) is 0 Å². The number of benzene rings is 9. The van der Waals surface area contributed by atoms with Gasteiger partial charge in [0.25, 0.3) is 0 Å². The van der Waals surface area contributed by atoms with E-state index < -0.39 is 0 Å². The Balaban J connectivity index is 0.963. The number of hydrogen-bond donors (Lipinski definition) is 0. The summed E-state index contributed by atoms with van der Waals surface area (Å²) < 4.78 is 6.55. The fraction of sp³-hybridized carbons (Fsp3) is 0.0500. The molecule has 11 aromatic rings. The highest BCUT2D eigenvalue weighted by Gasteiger charge is 2.37. The monoisotopic (exact) mass is 819 g/mol. The molecule has 0 radical (unpaired) electrons. The maximum atomic E-state index is 6.55. The molecule has 0 fully saturated rings. The van der Waals surface area contributed by atoms with Crippen molar-refractivity contribution in [3.8, 4) is 89.8 Å². The molecule has 4 heteroatoms. The van der Waals surface area contributed by atoms with Gasteiger partial charge in [0.15, 0.2) is 17.5 Å². The number of rotatable bonds is 7. The smallest absolute Gasteiger partial charge is 0.164 e. The first-order valence-electron chi connectivity index (χ1n) is 21.8. The van der Waals surface area contributed by atoms with Crippen molar-refractivity contribution in [2.24, 2.45) is 0 Å². The Morgan fingerprint density at radius 2 is 0.812 bits per heavy atom. The molecular formula is C60H41N3O. The second kappa shape index (κ2) is 15.0. The first-order chi connectivity index (χ1) is 31.5. The third-order valence-corrected chi connectivity index (χ3v) is 13.0. The van der Waals surface area contributed by atoms with Crippen molar-refractivity contribution in [1.29, 1.82) is 0 Å². The number of hydrogen-bond acceptors (Lipinski definition) is 4. The van der Waals surface area contributed by atoms with E-state index in [9.17, 15) is 0 Å². The van der Waals surface area contributed by atoms with Crippen molar-refractivity contribution in [2.75, 3.05) is 0 Å². The predicted molar refractivity (Wildman–Crippen MR) is 263 cm³/mol. The van der Waals surface area contributed by atoms with E-state index in [0.717, 1.165) is 72.0 Å². The summed E-state index contributed by atoms with van der Waals surface area (Å²) in [4.78, 5) is 15.6. The molecule has 0 atom stereocenters. The second-order valence-corrected chi connectivity index (χ2v) is 17.2. The van der Waals surface area contributed by atoms with Gasteiger partial charge in [-0.1, -0.05) is 202 Å². The topological polar surface area (TPSA) is 51.8 Å². The Morgan fingerprint density at radius 3 is 1.58 bits per heavy atom. The minimum atomic E-state index is -0.0917. The molecular weight excluding hydrogens is 779 g/mol. The summed E-state index contributed by atoms with van der Waals surface area (Å²) in [5.74, 6) is 1.79. The van der Waals surface area contributed by atoms with Crippen molar-refractivity contribution >= 4 is 21.9 Å². The van der Waals surface area contributed by atoms with E-state index in [0.29, 0.717) is 17.5 Å². The highest BCUT2D eigenvalue weighted by atomic mass is 16.3. The molecule has 4 nitrogen and oxygen atoms in total. The van der Waals surface area contributed by atoms with Gasteiger partial charge in [-0.25, -0.2) is 15.0 Å². The van der Waals surface area contributed by atoms with Gasteiger partial charge in [0.05, 0.1) is 0 Å². The molecule has 64 heavy (non-hydrogen) atoms. The maximum Gasteiger partial charge on any atom is 0.164 e. The van der Waals surface area contributed by atoms with Gasteiger partial charge in [0, 0.05) is 32.9 Å². The van der Waals surface area contributed by atoms with E-state index in [1.807, 2.05) is 24.3 Å². The second-order valence-electron chi connectivity index (χ2n) is 17.2. The maximum absolute atomic E-state index is 6.55. The van der Waals surface area contributed by atoms with Gasteiger partial charge in [0.2, 0.25) is 0 Å². The van der Waals surface area contributed by atoms with Crippen LogP contribution in [0.3, 0.4) is 0 Å². The molecule has 0 amide bonds. The van der Waals surface area contributed by atoms with Crippen LogP contribution in [-0.4, -0.2) is 15.0 Å². The molecule has 1 aliphatic carbocycles. The van der Waals surface area contributed by atoms with E-state index in [1.54, 1.807) is 0 Å².